The van der Waals surface area contributed by atoms with Crippen LogP contribution in [-0.4, -0.2) is 6.61 Å². The van der Waals surface area contributed by atoms with Crippen LogP contribution in [0.3, 0.4) is 0 Å². The summed E-state index contributed by atoms with van der Waals surface area (Å²) in [6, 6.07) is 15.1. The van der Waals surface area contributed by atoms with Crippen molar-refractivity contribution in [3.63, 3.8) is 0 Å². The molecule has 1 aliphatic carbocycles. The van der Waals surface area contributed by atoms with E-state index in [4.69, 9.17) is 10.7 Å². The van der Waals surface area contributed by atoms with Crippen molar-refractivity contribution in [2.24, 2.45) is 11.8 Å². The van der Waals surface area contributed by atoms with Crippen molar-refractivity contribution in [2.45, 2.75) is 20.8 Å². The number of fused-ring (bicyclic) bond motifs is 1. The SMILES string of the molecule is CC1=C(C)C(CON)C(=C(C)c2ccc3ccccc3c2)C=C1. The highest BCUT2D eigenvalue weighted by Crippen LogP contribution is 2.35. The van der Waals surface area contributed by atoms with E-state index in [1.807, 2.05) is 0 Å². The smallest absolute Gasteiger partial charge is 0.0785 e. The van der Waals surface area contributed by atoms with E-state index in [0.717, 1.165) is 0 Å². The first-order valence-electron chi connectivity index (χ1n) is 7.99. The molecule has 0 radical (unpaired) electrons. The lowest BCUT2D eigenvalue weighted by molar-refractivity contribution is 0.121. The zero-order chi connectivity index (χ0) is 16.4. The van der Waals surface area contributed by atoms with Crippen molar-refractivity contribution < 1.29 is 4.84 Å². The summed E-state index contributed by atoms with van der Waals surface area (Å²) >= 11 is 0. The molecule has 3 rings (SSSR count). The Balaban J connectivity index is 2.09. The average Bonchev–Trinajstić information content (AvgIpc) is 2.58. The van der Waals surface area contributed by atoms with Crippen LogP contribution in [0.25, 0.3) is 16.3 Å². The summed E-state index contributed by atoms with van der Waals surface area (Å²) in [5.74, 6) is 5.59. The maximum Gasteiger partial charge on any atom is 0.0785 e. The molecule has 2 aromatic rings. The van der Waals surface area contributed by atoms with Crippen LogP contribution in [0.5, 0.6) is 0 Å². The second-order valence-corrected chi connectivity index (χ2v) is 6.23. The lowest BCUT2D eigenvalue weighted by Gasteiger charge is -2.25. The molecule has 0 saturated heterocycles. The van der Waals surface area contributed by atoms with E-state index in [2.05, 4.69) is 75.4 Å². The van der Waals surface area contributed by atoms with Crippen molar-refractivity contribution in [2.75, 3.05) is 6.61 Å². The number of hydrogen-bond acceptors (Lipinski definition) is 2. The van der Waals surface area contributed by atoms with E-state index >= 15 is 0 Å². The van der Waals surface area contributed by atoms with Crippen LogP contribution in [-0.2, 0) is 4.84 Å². The summed E-state index contributed by atoms with van der Waals surface area (Å²) < 4.78 is 0. The highest BCUT2D eigenvalue weighted by molar-refractivity contribution is 5.87. The summed E-state index contributed by atoms with van der Waals surface area (Å²) in [4.78, 5) is 4.98. The van der Waals surface area contributed by atoms with Crippen LogP contribution in [0.2, 0.25) is 0 Å². The van der Waals surface area contributed by atoms with Crippen LogP contribution in [0, 0.1) is 5.92 Å². The molecule has 0 heterocycles. The van der Waals surface area contributed by atoms with Crippen molar-refractivity contribution in [3.05, 3.63) is 76.9 Å². The monoisotopic (exact) mass is 305 g/mol. The molecule has 0 aromatic heterocycles. The molecular weight excluding hydrogens is 282 g/mol. The highest BCUT2D eigenvalue weighted by atomic mass is 16.6. The fourth-order valence-electron chi connectivity index (χ4n) is 3.26. The lowest BCUT2D eigenvalue weighted by atomic mass is 9.81. The summed E-state index contributed by atoms with van der Waals surface area (Å²) in [5, 5.41) is 2.53. The molecule has 0 bridgehead atoms. The molecule has 1 atom stereocenters. The lowest BCUT2D eigenvalue weighted by Crippen LogP contribution is -2.19. The first-order valence-corrected chi connectivity index (χ1v) is 7.99. The molecule has 0 fully saturated rings. The summed E-state index contributed by atoms with van der Waals surface area (Å²) in [6.07, 6.45) is 4.39. The molecule has 2 aromatic carbocycles. The minimum atomic E-state index is 0.219. The molecule has 0 aliphatic heterocycles. The Morgan fingerprint density at radius 2 is 1.78 bits per heavy atom. The normalized spacial score (nSPS) is 20.3. The van der Waals surface area contributed by atoms with Gasteiger partial charge in [-0.2, -0.15) is 0 Å². The largest absolute Gasteiger partial charge is 0.304 e. The maximum absolute atomic E-state index is 5.37. The molecule has 2 nitrogen and oxygen atoms in total. The Labute approximate surface area is 137 Å². The van der Waals surface area contributed by atoms with Gasteiger partial charge in [-0.05, 0) is 54.3 Å². The van der Waals surface area contributed by atoms with Gasteiger partial charge < -0.3 is 4.84 Å². The van der Waals surface area contributed by atoms with Gasteiger partial charge in [-0.3, -0.25) is 0 Å². The molecule has 0 saturated carbocycles. The molecule has 2 N–H and O–H groups in total. The minimum Gasteiger partial charge on any atom is -0.304 e. The Kier molecular flexibility index (Phi) is 4.46. The number of hydrogen-bond donors (Lipinski definition) is 1. The quantitative estimate of drug-likeness (QED) is 0.808. The van der Waals surface area contributed by atoms with Gasteiger partial charge in [-0.15, -0.1) is 0 Å². The Morgan fingerprint density at radius 1 is 1.04 bits per heavy atom. The van der Waals surface area contributed by atoms with Crippen molar-refractivity contribution >= 4 is 16.3 Å². The van der Waals surface area contributed by atoms with E-state index in [9.17, 15) is 0 Å². The van der Waals surface area contributed by atoms with Gasteiger partial charge in [-0.25, -0.2) is 5.90 Å². The molecule has 23 heavy (non-hydrogen) atoms. The second kappa shape index (κ2) is 6.53. The van der Waals surface area contributed by atoms with Crippen LogP contribution >= 0.6 is 0 Å². The van der Waals surface area contributed by atoms with Crippen molar-refractivity contribution in [1.29, 1.82) is 0 Å². The third-order valence-corrected chi connectivity index (χ3v) is 4.91. The first-order chi connectivity index (χ1) is 11.1. The molecule has 0 amide bonds. The fourth-order valence-corrected chi connectivity index (χ4v) is 3.26. The molecule has 2 heteroatoms. The van der Waals surface area contributed by atoms with Crippen LogP contribution in [0.1, 0.15) is 26.3 Å². The van der Waals surface area contributed by atoms with Gasteiger partial charge in [0.1, 0.15) is 0 Å². The minimum absolute atomic E-state index is 0.219. The Bertz CT molecular complexity index is 827. The third kappa shape index (κ3) is 3.00. The molecule has 1 aliphatic rings. The standard InChI is InChI=1S/C21H23NO/c1-14-8-11-20(21(13-23-22)15(14)2)16(3)18-10-9-17-6-4-5-7-19(17)12-18/h4-12,21H,13,22H2,1-3H3. The van der Waals surface area contributed by atoms with Gasteiger partial charge in [-0.1, -0.05) is 59.7 Å². The Morgan fingerprint density at radius 3 is 2.52 bits per heavy atom. The van der Waals surface area contributed by atoms with E-state index in [1.54, 1.807) is 0 Å². The molecule has 0 spiro atoms. The second-order valence-electron chi connectivity index (χ2n) is 6.23. The van der Waals surface area contributed by atoms with Crippen molar-refractivity contribution in [1.82, 2.24) is 0 Å². The number of benzene rings is 2. The summed E-state index contributed by atoms with van der Waals surface area (Å²) in [7, 11) is 0. The number of rotatable bonds is 3. The number of nitrogens with two attached hydrogens (primary N) is 1. The zero-order valence-electron chi connectivity index (χ0n) is 14.0. The molecular formula is C21H23NO. The third-order valence-electron chi connectivity index (χ3n) is 4.91. The Hall–Kier alpha value is -2.16. The maximum atomic E-state index is 5.37. The predicted octanol–water partition coefficient (Wildman–Crippen LogP) is 5.03. The van der Waals surface area contributed by atoms with Crippen LogP contribution < -0.4 is 5.90 Å². The first kappa shape index (κ1) is 15.7. The van der Waals surface area contributed by atoms with E-state index in [-0.39, 0.29) is 5.92 Å². The fraction of sp³-hybridized carbons (Fsp3) is 0.238. The van der Waals surface area contributed by atoms with E-state index < -0.39 is 0 Å². The van der Waals surface area contributed by atoms with Gasteiger partial charge in [0, 0.05) is 5.92 Å². The zero-order valence-corrected chi connectivity index (χ0v) is 14.0. The number of allylic oxidation sites excluding steroid dienone is 4. The average molecular weight is 305 g/mol. The van der Waals surface area contributed by atoms with Crippen LogP contribution in [0.4, 0.5) is 0 Å². The summed E-state index contributed by atoms with van der Waals surface area (Å²) in [6.45, 7) is 6.99. The van der Waals surface area contributed by atoms with Gasteiger partial charge in [0.25, 0.3) is 0 Å². The van der Waals surface area contributed by atoms with Crippen LogP contribution in [0.15, 0.2) is 71.3 Å². The topological polar surface area (TPSA) is 35.2 Å². The van der Waals surface area contributed by atoms with E-state index in [1.165, 1.54) is 38.6 Å². The van der Waals surface area contributed by atoms with E-state index in [0.29, 0.717) is 6.61 Å². The van der Waals surface area contributed by atoms with Gasteiger partial charge in [0.15, 0.2) is 0 Å². The van der Waals surface area contributed by atoms with Gasteiger partial charge in [0.2, 0.25) is 0 Å². The summed E-state index contributed by atoms with van der Waals surface area (Å²) in [5.41, 5.74) is 6.43. The van der Waals surface area contributed by atoms with Gasteiger partial charge in [0.05, 0.1) is 6.61 Å². The van der Waals surface area contributed by atoms with Gasteiger partial charge >= 0.3 is 0 Å². The molecule has 118 valence electrons. The highest BCUT2D eigenvalue weighted by Gasteiger charge is 2.21. The molecule has 1 unspecified atom stereocenters. The predicted molar refractivity (Wildman–Crippen MR) is 97.7 cm³/mol. The van der Waals surface area contributed by atoms with Crippen molar-refractivity contribution in [3.8, 4) is 0 Å².